The quantitative estimate of drug-likeness (QED) is 0.194. The summed E-state index contributed by atoms with van der Waals surface area (Å²) in [6.45, 7) is 0. The van der Waals surface area contributed by atoms with Crippen LogP contribution in [-0.4, -0.2) is 93.8 Å². The van der Waals surface area contributed by atoms with Crippen LogP contribution in [0.1, 0.15) is 17.5 Å². The molecular formula is C24H29ClN4O9S. The topological polar surface area (TPSA) is 205 Å². The lowest BCUT2D eigenvalue weighted by molar-refractivity contribution is -0.153. The number of aromatic hydroxyl groups is 1. The number of thiol groups is 1. The van der Waals surface area contributed by atoms with E-state index >= 15 is 0 Å². The lowest BCUT2D eigenvalue weighted by Crippen LogP contribution is -2.65. The predicted molar refractivity (Wildman–Crippen MR) is 145 cm³/mol. The van der Waals surface area contributed by atoms with Crippen LogP contribution in [0, 0.1) is 11.8 Å². The van der Waals surface area contributed by atoms with E-state index in [9.17, 15) is 44.7 Å². The summed E-state index contributed by atoms with van der Waals surface area (Å²) >= 11 is 3.89. The molecule has 3 aliphatic rings. The van der Waals surface area contributed by atoms with Crippen LogP contribution >= 0.6 is 25.2 Å². The highest BCUT2D eigenvalue weighted by atomic mass is 35.5. The van der Waals surface area contributed by atoms with Gasteiger partial charge in [0.15, 0.2) is 17.1 Å². The minimum absolute atomic E-state index is 0. The van der Waals surface area contributed by atoms with Gasteiger partial charge in [-0.05, 0) is 44.5 Å². The molecule has 4 atom stereocenters. The van der Waals surface area contributed by atoms with Gasteiger partial charge in [0, 0.05) is 31.3 Å². The number of phenolic OH excluding ortho intramolecular Hbond substituents is 1. The first-order valence-electron chi connectivity index (χ1n) is 11.5. The number of nitrogens with zero attached hydrogens (tertiary/aromatic N) is 3. The first-order chi connectivity index (χ1) is 17.6. The fraction of sp³-hybridized carbons (Fsp3) is 0.417. The average Bonchev–Trinajstić information content (AvgIpc) is 2.80. The highest BCUT2D eigenvalue weighted by Crippen LogP contribution is 2.55. The van der Waals surface area contributed by atoms with Crippen LogP contribution in [0.15, 0.2) is 23.0 Å². The van der Waals surface area contributed by atoms with Crippen molar-refractivity contribution in [3.63, 3.8) is 0 Å². The molecule has 0 unspecified atom stereocenters. The summed E-state index contributed by atoms with van der Waals surface area (Å²) in [6, 6.07) is 0.180. The predicted octanol–water partition coefficient (Wildman–Crippen LogP) is 0.781. The lowest BCUT2D eigenvalue weighted by Gasteiger charge is -2.50. The number of rotatable bonds is 4. The van der Waals surface area contributed by atoms with Crippen LogP contribution in [0.4, 0.5) is 16.2 Å². The molecule has 0 heterocycles. The second kappa shape index (κ2) is 9.93. The number of carboxylic acid groups (broad SMARTS) is 1. The Bertz CT molecular complexity index is 1380. The van der Waals surface area contributed by atoms with E-state index in [0.717, 1.165) is 0 Å². The zero-order valence-corrected chi connectivity index (χ0v) is 23.1. The van der Waals surface area contributed by atoms with Crippen molar-refractivity contribution in [3.05, 3.63) is 34.1 Å². The van der Waals surface area contributed by atoms with E-state index < -0.39 is 69.9 Å². The number of nitrogens with two attached hydrogens (primary N) is 1. The van der Waals surface area contributed by atoms with E-state index in [1.807, 2.05) is 0 Å². The molecule has 4 rings (SSSR count). The Morgan fingerprint density at radius 2 is 1.69 bits per heavy atom. The number of Topliss-reactive ketones (excluding diaryl/α,β-unsaturated/α-hetero) is 2. The number of aliphatic hydroxyl groups is 3. The Labute approximate surface area is 234 Å². The Hall–Kier alpha value is -3.46. The number of likely N-dealkylation sites (N-methyl/N-ethyl adjacent to an activating group) is 1. The molecule has 0 aromatic heterocycles. The standard InChI is InChI=1S/C24H28N4O9S.ClH/c1-26(2)11-7-12(28(38)23(35)36)17(29)14-9(11)5-8-6-10-16(27(3)4)19(31)15(22(25)34)21(33)24(10,37)20(32)13(8)18(14)30;/h7-8,10,16,29-30,33,37-38H,5-6H2,1-4H3,(H2,25,34)(H,35,36);1H/t8-,10-,16-,24-;/m0./s1. The molecule has 1 saturated carbocycles. The number of hydrogen-bond donors (Lipinski definition) is 7. The number of carbonyl (C=O) groups excluding carboxylic acids is 3. The molecule has 39 heavy (non-hydrogen) atoms. The molecule has 0 aliphatic heterocycles. The Morgan fingerprint density at radius 1 is 1.10 bits per heavy atom. The minimum Gasteiger partial charge on any atom is -0.508 e. The number of hydrogen-bond acceptors (Lipinski definition) is 11. The summed E-state index contributed by atoms with van der Waals surface area (Å²) in [5.41, 5.74) is 1.61. The SMILES string of the molecule is CN(C)c1cc(N(S)C(=O)O)c(O)c2c1C[C@H]1C[C@H]3[C@H](N(C)C)C(=O)C(C(N)=O)=C(O)[C@@]3(O)C(=O)C1=C2O.Cl. The van der Waals surface area contributed by atoms with Crippen molar-refractivity contribution < 1.29 is 44.7 Å². The third-order valence-corrected chi connectivity index (χ3v) is 7.95. The first kappa shape index (κ1) is 30.1. The molecule has 212 valence electrons. The molecule has 0 saturated heterocycles. The van der Waals surface area contributed by atoms with E-state index in [4.69, 9.17) is 5.73 Å². The van der Waals surface area contributed by atoms with Gasteiger partial charge in [0.2, 0.25) is 5.78 Å². The summed E-state index contributed by atoms with van der Waals surface area (Å²) < 4.78 is 0.445. The van der Waals surface area contributed by atoms with Crippen molar-refractivity contribution >= 4 is 65.9 Å². The fourth-order valence-corrected chi connectivity index (χ4v) is 6.09. The molecule has 3 aliphatic carbocycles. The van der Waals surface area contributed by atoms with Crippen LogP contribution < -0.4 is 14.9 Å². The van der Waals surface area contributed by atoms with Gasteiger partial charge < -0.3 is 36.2 Å². The van der Waals surface area contributed by atoms with Gasteiger partial charge in [-0.25, -0.2) is 9.10 Å². The number of ketones is 2. The van der Waals surface area contributed by atoms with Gasteiger partial charge in [-0.3, -0.25) is 19.3 Å². The largest absolute Gasteiger partial charge is 0.508 e. The summed E-state index contributed by atoms with van der Waals surface area (Å²) in [6.07, 6.45) is -1.51. The number of fused-ring (bicyclic) bond motifs is 3. The molecule has 2 amide bonds. The smallest absolute Gasteiger partial charge is 0.422 e. The van der Waals surface area contributed by atoms with Crippen molar-refractivity contribution in [1.82, 2.24) is 4.90 Å². The molecule has 13 nitrogen and oxygen atoms in total. The van der Waals surface area contributed by atoms with Gasteiger partial charge in [-0.1, -0.05) is 12.8 Å². The molecule has 1 fully saturated rings. The van der Waals surface area contributed by atoms with Crippen LogP contribution in [-0.2, 0) is 20.8 Å². The number of phenols is 1. The second-order valence-electron chi connectivity index (χ2n) is 10.1. The zero-order chi connectivity index (χ0) is 28.6. The van der Waals surface area contributed by atoms with Crippen LogP contribution in [0.3, 0.4) is 0 Å². The zero-order valence-electron chi connectivity index (χ0n) is 21.4. The van der Waals surface area contributed by atoms with Gasteiger partial charge >= 0.3 is 6.09 Å². The maximum Gasteiger partial charge on any atom is 0.422 e. The lowest BCUT2D eigenvalue weighted by atomic mass is 9.57. The Kier molecular flexibility index (Phi) is 7.66. The molecular weight excluding hydrogens is 556 g/mol. The number of halogens is 1. The van der Waals surface area contributed by atoms with Gasteiger partial charge in [-0.2, -0.15) is 0 Å². The minimum atomic E-state index is -2.77. The molecule has 0 spiro atoms. The number of anilines is 2. The van der Waals surface area contributed by atoms with Gasteiger partial charge in [-0.15, -0.1) is 12.4 Å². The maximum absolute atomic E-state index is 13.9. The summed E-state index contributed by atoms with van der Waals surface area (Å²) in [5, 5.41) is 54.3. The highest BCUT2D eigenvalue weighted by molar-refractivity contribution is 7.82. The van der Waals surface area contributed by atoms with E-state index in [0.29, 0.717) is 15.6 Å². The van der Waals surface area contributed by atoms with E-state index in [-0.39, 0.29) is 42.1 Å². The van der Waals surface area contributed by atoms with Crippen molar-refractivity contribution in [2.45, 2.75) is 24.5 Å². The van der Waals surface area contributed by atoms with E-state index in [1.54, 1.807) is 19.0 Å². The Balaban J connectivity index is 0.00000420. The molecule has 15 heteroatoms. The van der Waals surface area contributed by atoms with Gasteiger partial charge in [0.1, 0.15) is 22.8 Å². The highest BCUT2D eigenvalue weighted by Gasteiger charge is 2.64. The second-order valence-corrected chi connectivity index (χ2v) is 10.5. The number of amides is 2. The molecule has 1 aromatic rings. The molecule has 1 aromatic carbocycles. The van der Waals surface area contributed by atoms with E-state index in [1.165, 1.54) is 25.1 Å². The van der Waals surface area contributed by atoms with Crippen LogP contribution in [0.2, 0.25) is 0 Å². The summed E-state index contributed by atoms with van der Waals surface area (Å²) in [4.78, 5) is 53.7. The third kappa shape index (κ3) is 4.09. The van der Waals surface area contributed by atoms with Crippen molar-refractivity contribution in [3.8, 4) is 5.75 Å². The van der Waals surface area contributed by atoms with Gasteiger partial charge in [0.25, 0.3) is 5.91 Å². The van der Waals surface area contributed by atoms with Gasteiger partial charge in [0.05, 0.1) is 11.6 Å². The average molecular weight is 585 g/mol. The molecule has 7 N–H and O–H groups in total. The van der Waals surface area contributed by atoms with Crippen LogP contribution in [0.25, 0.3) is 5.76 Å². The van der Waals surface area contributed by atoms with E-state index in [2.05, 4.69) is 12.8 Å². The normalized spacial score (nSPS) is 26.0. The number of aliphatic hydroxyl groups excluding tert-OH is 2. The van der Waals surface area contributed by atoms with Crippen LogP contribution in [0.5, 0.6) is 5.75 Å². The summed E-state index contributed by atoms with van der Waals surface area (Å²) in [7, 11) is 6.36. The molecule has 0 radical (unpaired) electrons. The maximum atomic E-state index is 13.9. The van der Waals surface area contributed by atoms with Crippen molar-refractivity contribution in [1.29, 1.82) is 0 Å². The van der Waals surface area contributed by atoms with Crippen molar-refractivity contribution in [2.75, 3.05) is 37.4 Å². The number of primary amides is 1. The molecule has 0 bridgehead atoms. The number of benzene rings is 1. The van der Waals surface area contributed by atoms with Crippen molar-refractivity contribution in [2.24, 2.45) is 17.6 Å². The fourth-order valence-electron chi connectivity index (χ4n) is 5.94. The monoisotopic (exact) mass is 584 g/mol. The third-order valence-electron chi connectivity index (χ3n) is 7.57. The number of carbonyl (C=O) groups is 4. The first-order valence-corrected chi connectivity index (χ1v) is 11.9. The Morgan fingerprint density at radius 3 is 2.18 bits per heavy atom. The summed E-state index contributed by atoms with van der Waals surface area (Å²) in [5.74, 6) is -7.86.